The fourth-order valence-electron chi connectivity index (χ4n) is 3.31. The standard InChI is InChI=1S/C21H13Cl2N5O2/c1-28-19-11(7-13(20(28)29)18-14(22)3-2-4-15(18)23)9-24-21(27-19)26-12-5-6-17-16(8-12)25-10-30-17/h2-10H,1H3,(H,24,26,27). The summed E-state index contributed by atoms with van der Waals surface area (Å²) >= 11 is 12.6. The summed E-state index contributed by atoms with van der Waals surface area (Å²) in [7, 11) is 1.65. The van der Waals surface area contributed by atoms with E-state index >= 15 is 0 Å². The van der Waals surface area contributed by atoms with E-state index in [1.807, 2.05) is 12.1 Å². The fraction of sp³-hybridized carbons (Fsp3) is 0.0476. The number of aromatic nitrogens is 4. The van der Waals surface area contributed by atoms with Crippen molar-refractivity contribution in [1.29, 1.82) is 0 Å². The minimum absolute atomic E-state index is 0.258. The van der Waals surface area contributed by atoms with Crippen LogP contribution in [0.15, 0.2) is 64.3 Å². The third-order valence-corrected chi connectivity index (χ3v) is 5.40. The van der Waals surface area contributed by atoms with Crippen molar-refractivity contribution in [3.8, 4) is 11.1 Å². The van der Waals surface area contributed by atoms with Gasteiger partial charge in [-0.25, -0.2) is 9.97 Å². The molecule has 0 saturated carbocycles. The summed E-state index contributed by atoms with van der Waals surface area (Å²) < 4.78 is 6.70. The van der Waals surface area contributed by atoms with E-state index in [4.69, 9.17) is 27.6 Å². The highest BCUT2D eigenvalue weighted by Crippen LogP contribution is 2.33. The van der Waals surface area contributed by atoms with Gasteiger partial charge in [0.15, 0.2) is 12.0 Å². The van der Waals surface area contributed by atoms with Crippen LogP contribution in [-0.4, -0.2) is 19.5 Å². The second-order valence-electron chi connectivity index (χ2n) is 6.65. The Bertz CT molecular complexity index is 1470. The smallest absolute Gasteiger partial charge is 0.259 e. The summed E-state index contributed by atoms with van der Waals surface area (Å²) in [5.74, 6) is 0.351. The Kier molecular flexibility index (Phi) is 4.42. The number of rotatable bonds is 3. The molecular formula is C21H13Cl2N5O2. The normalized spacial score (nSPS) is 11.3. The Morgan fingerprint density at radius 2 is 1.87 bits per heavy atom. The monoisotopic (exact) mass is 437 g/mol. The third-order valence-electron chi connectivity index (χ3n) is 4.77. The van der Waals surface area contributed by atoms with E-state index in [0.717, 1.165) is 11.2 Å². The number of halogens is 2. The molecule has 0 aliphatic heterocycles. The van der Waals surface area contributed by atoms with Crippen LogP contribution < -0.4 is 10.9 Å². The zero-order chi connectivity index (χ0) is 20.8. The van der Waals surface area contributed by atoms with Gasteiger partial charge in [0.05, 0.1) is 15.6 Å². The molecule has 0 radical (unpaired) electrons. The highest BCUT2D eigenvalue weighted by molar-refractivity contribution is 6.39. The van der Waals surface area contributed by atoms with Gasteiger partial charge in [-0.05, 0) is 36.4 Å². The van der Waals surface area contributed by atoms with E-state index in [9.17, 15) is 4.79 Å². The van der Waals surface area contributed by atoms with Crippen molar-refractivity contribution in [2.24, 2.45) is 7.05 Å². The lowest BCUT2D eigenvalue weighted by Gasteiger charge is -2.12. The molecule has 7 nitrogen and oxygen atoms in total. The maximum absolute atomic E-state index is 13.0. The number of oxazole rings is 1. The van der Waals surface area contributed by atoms with Gasteiger partial charge in [-0.1, -0.05) is 29.3 Å². The number of fused-ring (bicyclic) bond motifs is 2. The van der Waals surface area contributed by atoms with Crippen molar-refractivity contribution in [2.75, 3.05) is 5.32 Å². The van der Waals surface area contributed by atoms with E-state index < -0.39 is 0 Å². The van der Waals surface area contributed by atoms with Crippen LogP contribution in [0.3, 0.4) is 0 Å². The molecule has 0 atom stereocenters. The number of aryl methyl sites for hydroxylation is 1. The van der Waals surface area contributed by atoms with E-state index in [1.165, 1.54) is 11.0 Å². The molecule has 1 N–H and O–H groups in total. The largest absolute Gasteiger partial charge is 0.443 e. The van der Waals surface area contributed by atoms with Gasteiger partial charge >= 0.3 is 0 Å². The highest BCUT2D eigenvalue weighted by atomic mass is 35.5. The lowest BCUT2D eigenvalue weighted by Crippen LogP contribution is -2.20. The lowest BCUT2D eigenvalue weighted by molar-refractivity contribution is 0.602. The Morgan fingerprint density at radius 3 is 2.67 bits per heavy atom. The summed E-state index contributed by atoms with van der Waals surface area (Å²) in [6.07, 6.45) is 3.03. The van der Waals surface area contributed by atoms with E-state index in [2.05, 4.69) is 20.3 Å². The van der Waals surface area contributed by atoms with Gasteiger partial charge in [-0.3, -0.25) is 9.36 Å². The minimum Gasteiger partial charge on any atom is -0.443 e. The van der Waals surface area contributed by atoms with Gasteiger partial charge in [-0.2, -0.15) is 4.98 Å². The Morgan fingerprint density at radius 1 is 1.07 bits per heavy atom. The molecule has 0 saturated heterocycles. The average molecular weight is 438 g/mol. The number of nitrogens with one attached hydrogen (secondary N) is 1. The van der Waals surface area contributed by atoms with Crippen molar-refractivity contribution in [3.05, 3.63) is 75.5 Å². The Balaban J connectivity index is 1.60. The first-order valence-electron chi connectivity index (χ1n) is 8.93. The highest BCUT2D eigenvalue weighted by Gasteiger charge is 2.16. The zero-order valence-electron chi connectivity index (χ0n) is 15.6. The molecule has 0 bridgehead atoms. The van der Waals surface area contributed by atoms with Crippen LogP contribution in [0.25, 0.3) is 33.3 Å². The van der Waals surface area contributed by atoms with Gasteiger partial charge in [0.2, 0.25) is 5.95 Å². The molecule has 0 fully saturated rings. The van der Waals surface area contributed by atoms with Crippen LogP contribution in [0.2, 0.25) is 10.0 Å². The van der Waals surface area contributed by atoms with Crippen LogP contribution in [0.1, 0.15) is 0 Å². The van der Waals surface area contributed by atoms with Crippen molar-refractivity contribution >= 4 is 57.0 Å². The van der Waals surface area contributed by atoms with Crippen LogP contribution in [0.5, 0.6) is 0 Å². The van der Waals surface area contributed by atoms with Crippen molar-refractivity contribution in [3.63, 3.8) is 0 Å². The third kappa shape index (κ3) is 3.08. The quantitative estimate of drug-likeness (QED) is 0.418. The first-order chi connectivity index (χ1) is 14.5. The summed E-state index contributed by atoms with van der Waals surface area (Å²) in [6.45, 7) is 0. The predicted molar refractivity (Wildman–Crippen MR) is 118 cm³/mol. The molecule has 5 aromatic rings. The van der Waals surface area contributed by atoms with Crippen LogP contribution in [0, 0.1) is 0 Å². The van der Waals surface area contributed by atoms with Crippen LogP contribution >= 0.6 is 23.2 Å². The topological polar surface area (TPSA) is 85.8 Å². The molecule has 0 unspecified atom stereocenters. The van der Waals surface area contributed by atoms with Crippen molar-refractivity contribution in [2.45, 2.75) is 0 Å². The number of hydrogen-bond donors (Lipinski definition) is 1. The van der Waals surface area contributed by atoms with Crippen molar-refractivity contribution < 1.29 is 4.42 Å². The SMILES string of the molecule is Cn1c(=O)c(-c2c(Cl)cccc2Cl)cc2cnc(Nc3ccc4ocnc4c3)nc21. The lowest BCUT2D eigenvalue weighted by atomic mass is 10.1. The average Bonchev–Trinajstić information content (AvgIpc) is 3.20. The maximum atomic E-state index is 13.0. The molecule has 30 heavy (non-hydrogen) atoms. The molecule has 2 aromatic carbocycles. The second kappa shape index (κ2) is 7.12. The number of benzene rings is 2. The molecule has 3 aromatic heterocycles. The van der Waals surface area contributed by atoms with E-state index in [1.54, 1.807) is 43.6 Å². The van der Waals surface area contributed by atoms with E-state index in [0.29, 0.717) is 43.7 Å². The summed E-state index contributed by atoms with van der Waals surface area (Å²) in [5, 5.41) is 4.62. The van der Waals surface area contributed by atoms with Gasteiger partial charge in [-0.15, -0.1) is 0 Å². The predicted octanol–water partition coefficient (Wildman–Crippen LogP) is 5.19. The van der Waals surface area contributed by atoms with Gasteiger partial charge in [0.25, 0.3) is 5.56 Å². The first kappa shape index (κ1) is 18.6. The molecular weight excluding hydrogens is 425 g/mol. The number of anilines is 2. The number of hydrogen-bond acceptors (Lipinski definition) is 6. The second-order valence-corrected chi connectivity index (χ2v) is 7.47. The molecule has 3 heterocycles. The molecule has 148 valence electrons. The molecule has 0 aliphatic carbocycles. The number of pyridine rings is 1. The maximum Gasteiger partial charge on any atom is 0.259 e. The van der Waals surface area contributed by atoms with Crippen LogP contribution in [-0.2, 0) is 7.05 Å². The molecule has 0 aliphatic rings. The van der Waals surface area contributed by atoms with Gasteiger partial charge < -0.3 is 9.73 Å². The van der Waals surface area contributed by atoms with Gasteiger partial charge in [0.1, 0.15) is 11.2 Å². The van der Waals surface area contributed by atoms with Gasteiger partial charge in [0, 0.05) is 29.9 Å². The summed E-state index contributed by atoms with van der Waals surface area (Å²) in [4.78, 5) is 26.0. The number of nitrogens with zero attached hydrogens (tertiary/aromatic N) is 4. The first-order valence-corrected chi connectivity index (χ1v) is 9.68. The Labute approximate surface area is 179 Å². The molecule has 9 heteroatoms. The van der Waals surface area contributed by atoms with Crippen molar-refractivity contribution in [1.82, 2.24) is 19.5 Å². The van der Waals surface area contributed by atoms with E-state index in [-0.39, 0.29) is 5.56 Å². The minimum atomic E-state index is -0.258. The summed E-state index contributed by atoms with van der Waals surface area (Å²) in [5.41, 5.74) is 3.26. The van der Waals surface area contributed by atoms with Crippen LogP contribution in [0.4, 0.5) is 11.6 Å². The fourth-order valence-corrected chi connectivity index (χ4v) is 3.91. The molecule has 0 amide bonds. The Hall–Kier alpha value is -3.42. The molecule has 5 rings (SSSR count). The zero-order valence-corrected chi connectivity index (χ0v) is 17.1. The summed E-state index contributed by atoms with van der Waals surface area (Å²) in [6, 6.07) is 12.3. The molecule has 0 spiro atoms.